The Bertz CT molecular complexity index is 1030. The SMILES string of the molecule is COc1ccc(C(=O)N2CCc3cc4c(cc3C2)OCO4)cc1S(C)(=O)=O. The molecule has 0 bridgehead atoms. The summed E-state index contributed by atoms with van der Waals surface area (Å²) in [6.07, 6.45) is 1.80. The Hall–Kier alpha value is -2.74. The van der Waals surface area contributed by atoms with Crippen LogP contribution in [0.2, 0.25) is 0 Å². The van der Waals surface area contributed by atoms with Crippen molar-refractivity contribution in [2.75, 3.05) is 26.7 Å². The van der Waals surface area contributed by atoms with Crippen molar-refractivity contribution >= 4 is 15.7 Å². The topological polar surface area (TPSA) is 82.1 Å². The van der Waals surface area contributed by atoms with E-state index < -0.39 is 9.84 Å². The molecular formula is C19H19NO6S. The third-order valence-electron chi connectivity index (χ3n) is 4.80. The van der Waals surface area contributed by atoms with Crippen LogP contribution in [0.25, 0.3) is 0 Å². The number of rotatable bonds is 3. The fraction of sp³-hybridized carbons (Fsp3) is 0.316. The predicted octanol–water partition coefficient (Wildman–Crippen LogP) is 2.03. The summed E-state index contributed by atoms with van der Waals surface area (Å²) in [4.78, 5) is 14.7. The third kappa shape index (κ3) is 3.21. The number of carbonyl (C=O) groups is 1. The van der Waals surface area contributed by atoms with Crippen LogP contribution in [-0.4, -0.2) is 45.9 Å². The maximum atomic E-state index is 13.0. The molecule has 4 rings (SSSR count). The molecular weight excluding hydrogens is 370 g/mol. The van der Waals surface area contributed by atoms with Crippen LogP contribution in [0.5, 0.6) is 17.2 Å². The van der Waals surface area contributed by atoms with Crippen LogP contribution in [0.3, 0.4) is 0 Å². The molecule has 0 saturated carbocycles. The van der Waals surface area contributed by atoms with Gasteiger partial charge in [-0.3, -0.25) is 4.79 Å². The van der Waals surface area contributed by atoms with Crippen molar-refractivity contribution in [3.8, 4) is 17.2 Å². The molecule has 2 heterocycles. The number of nitrogens with zero attached hydrogens (tertiary/aromatic N) is 1. The van der Waals surface area contributed by atoms with Gasteiger partial charge in [0.15, 0.2) is 21.3 Å². The summed E-state index contributed by atoms with van der Waals surface area (Å²) in [5, 5.41) is 0. The van der Waals surface area contributed by atoms with Crippen molar-refractivity contribution in [2.24, 2.45) is 0 Å². The smallest absolute Gasteiger partial charge is 0.254 e. The van der Waals surface area contributed by atoms with Crippen molar-refractivity contribution in [2.45, 2.75) is 17.9 Å². The Balaban J connectivity index is 1.63. The molecule has 27 heavy (non-hydrogen) atoms. The molecule has 0 fully saturated rings. The number of carbonyl (C=O) groups excluding carboxylic acids is 1. The first-order valence-electron chi connectivity index (χ1n) is 8.45. The molecule has 2 aromatic rings. The van der Waals surface area contributed by atoms with Gasteiger partial charge in [-0.1, -0.05) is 0 Å². The van der Waals surface area contributed by atoms with Crippen LogP contribution in [-0.2, 0) is 22.8 Å². The van der Waals surface area contributed by atoms with E-state index >= 15 is 0 Å². The minimum absolute atomic E-state index is 0.0108. The number of benzene rings is 2. The standard InChI is InChI=1S/C19H19NO6S/c1-24-15-4-3-13(9-18(15)27(2,22)23)19(21)20-6-5-12-7-16-17(26-11-25-16)8-14(12)10-20/h3-4,7-9H,5-6,10-11H2,1-2H3. The quantitative estimate of drug-likeness (QED) is 0.799. The molecule has 1 amide bonds. The molecule has 142 valence electrons. The van der Waals surface area contributed by atoms with Crippen LogP contribution in [0.15, 0.2) is 35.2 Å². The van der Waals surface area contributed by atoms with Gasteiger partial charge < -0.3 is 19.1 Å². The summed E-state index contributed by atoms with van der Waals surface area (Å²) in [6.45, 7) is 1.19. The zero-order valence-electron chi connectivity index (χ0n) is 15.0. The Morgan fingerprint density at radius 3 is 2.48 bits per heavy atom. The second-order valence-electron chi connectivity index (χ2n) is 6.59. The number of methoxy groups -OCH3 is 1. The summed E-state index contributed by atoms with van der Waals surface area (Å²) in [5.74, 6) is 1.44. The van der Waals surface area contributed by atoms with Gasteiger partial charge in [-0.2, -0.15) is 0 Å². The first kappa shape index (κ1) is 17.7. The molecule has 8 heteroatoms. The lowest BCUT2D eigenvalue weighted by Crippen LogP contribution is -2.36. The number of ether oxygens (including phenoxy) is 3. The second kappa shape index (κ2) is 6.45. The first-order chi connectivity index (χ1) is 12.9. The highest BCUT2D eigenvalue weighted by atomic mass is 32.2. The fourth-order valence-electron chi connectivity index (χ4n) is 3.40. The largest absolute Gasteiger partial charge is 0.495 e. The number of fused-ring (bicyclic) bond motifs is 2. The molecule has 0 aromatic heterocycles. The highest BCUT2D eigenvalue weighted by Crippen LogP contribution is 2.37. The Labute approximate surface area is 157 Å². The third-order valence-corrected chi connectivity index (χ3v) is 5.92. The fourth-order valence-corrected chi connectivity index (χ4v) is 4.26. The van der Waals surface area contributed by atoms with E-state index in [1.807, 2.05) is 12.1 Å². The number of hydrogen-bond donors (Lipinski definition) is 0. The maximum absolute atomic E-state index is 13.0. The highest BCUT2D eigenvalue weighted by molar-refractivity contribution is 7.90. The summed E-state index contributed by atoms with van der Waals surface area (Å²) >= 11 is 0. The van der Waals surface area contributed by atoms with Gasteiger partial charge >= 0.3 is 0 Å². The number of hydrogen-bond acceptors (Lipinski definition) is 6. The van der Waals surface area contributed by atoms with Crippen molar-refractivity contribution in [1.82, 2.24) is 4.90 Å². The lowest BCUT2D eigenvalue weighted by atomic mass is 9.98. The minimum atomic E-state index is -3.51. The summed E-state index contributed by atoms with van der Waals surface area (Å²) in [6, 6.07) is 8.36. The second-order valence-corrected chi connectivity index (χ2v) is 8.57. The van der Waals surface area contributed by atoms with Gasteiger partial charge in [0.2, 0.25) is 6.79 Å². The molecule has 0 aliphatic carbocycles. The molecule has 0 atom stereocenters. The van der Waals surface area contributed by atoms with Crippen LogP contribution in [0.4, 0.5) is 0 Å². The number of amides is 1. The molecule has 0 N–H and O–H groups in total. The highest BCUT2D eigenvalue weighted by Gasteiger charge is 2.26. The van der Waals surface area contributed by atoms with Crippen molar-refractivity contribution in [1.29, 1.82) is 0 Å². The minimum Gasteiger partial charge on any atom is -0.495 e. The molecule has 0 spiro atoms. The average molecular weight is 389 g/mol. The molecule has 7 nitrogen and oxygen atoms in total. The Morgan fingerprint density at radius 2 is 1.81 bits per heavy atom. The van der Waals surface area contributed by atoms with Crippen molar-refractivity contribution in [3.05, 3.63) is 47.0 Å². The van der Waals surface area contributed by atoms with E-state index in [4.69, 9.17) is 14.2 Å². The van der Waals surface area contributed by atoms with E-state index in [-0.39, 0.29) is 23.3 Å². The monoisotopic (exact) mass is 389 g/mol. The van der Waals surface area contributed by atoms with Crippen LogP contribution >= 0.6 is 0 Å². The van der Waals surface area contributed by atoms with E-state index in [0.717, 1.165) is 23.1 Å². The van der Waals surface area contributed by atoms with E-state index in [1.54, 1.807) is 11.0 Å². The zero-order chi connectivity index (χ0) is 19.2. The van der Waals surface area contributed by atoms with Gasteiger partial charge in [-0.05, 0) is 47.9 Å². The van der Waals surface area contributed by atoms with Gasteiger partial charge in [0, 0.05) is 24.9 Å². The lowest BCUT2D eigenvalue weighted by molar-refractivity contribution is 0.0734. The summed E-state index contributed by atoms with van der Waals surface area (Å²) in [7, 11) is -2.11. The molecule has 2 aliphatic heterocycles. The Kier molecular flexibility index (Phi) is 4.22. The molecule has 0 saturated heterocycles. The Morgan fingerprint density at radius 1 is 1.11 bits per heavy atom. The van der Waals surface area contributed by atoms with Gasteiger partial charge in [0.05, 0.1) is 7.11 Å². The summed E-state index contributed by atoms with van der Waals surface area (Å²) < 4.78 is 39.9. The molecule has 2 aliphatic rings. The van der Waals surface area contributed by atoms with Crippen LogP contribution in [0, 0.1) is 0 Å². The van der Waals surface area contributed by atoms with Crippen LogP contribution < -0.4 is 14.2 Å². The van der Waals surface area contributed by atoms with Gasteiger partial charge in [-0.15, -0.1) is 0 Å². The van der Waals surface area contributed by atoms with E-state index in [1.165, 1.54) is 19.2 Å². The van der Waals surface area contributed by atoms with Gasteiger partial charge in [0.1, 0.15) is 10.6 Å². The van der Waals surface area contributed by atoms with Gasteiger partial charge in [-0.25, -0.2) is 8.42 Å². The lowest BCUT2D eigenvalue weighted by Gasteiger charge is -2.29. The number of sulfone groups is 1. The first-order valence-corrected chi connectivity index (χ1v) is 10.3. The van der Waals surface area contributed by atoms with Gasteiger partial charge in [0.25, 0.3) is 5.91 Å². The summed E-state index contributed by atoms with van der Waals surface area (Å²) in [5.41, 5.74) is 2.46. The maximum Gasteiger partial charge on any atom is 0.254 e. The molecule has 0 radical (unpaired) electrons. The average Bonchev–Trinajstić information content (AvgIpc) is 3.11. The normalized spacial score (nSPS) is 15.4. The van der Waals surface area contributed by atoms with E-state index in [0.29, 0.717) is 30.8 Å². The molecule has 0 unspecified atom stereocenters. The van der Waals surface area contributed by atoms with E-state index in [2.05, 4.69) is 0 Å². The van der Waals surface area contributed by atoms with Crippen LogP contribution in [0.1, 0.15) is 21.5 Å². The predicted molar refractivity (Wildman–Crippen MR) is 97.1 cm³/mol. The zero-order valence-corrected chi connectivity index (χ0v) is 15.8. The van der Waals surface area contributed by atoms with Crippen molar-refractivity contribution in [3.63, 3.8) is 0 Å². The molecule has 2 aromatic carbocycles. The van der Waals surface area contributed by atoms with Crippen molar-refractivity contribution < 1.29 is 27.4 Å². The van der Waals surface area contributed by atoms with E-state index in [9.17, 15) is 13.2 Å².